The molecule has 0 aliphatic carbocycles. The van der Waals surface area contributed by atoms with Crippen LogP contribution in [0.1, 0.15) is 12.0 Å². The smallest absolute Gasteiger partial charge is 0.0333 e. The van der Waals surface area contributed by atoms with Gasteiger partial charge < -0.3 is 0 Å². The number of halogens is 1. The minimum atomic E-state index is 0.584. The molecule has 0 aliphatic heterocycles. The molecule has 0 fully saturated rings. The van der Waals surface area contributed by atoms with Gasteiger partial charge in [-0.05, 0) is 17.2 Å². The Balaban J connectivity index is 2.39. The molecule has 0 unspecified atom stereocenters. The lowest BCUT2D eigenvalue weighted by molar-refractivity contribution is 1.29. The van der Waals surface area contributed by atoms with Crippen LogP contribution in [0.4, 0.5) is 0 Å². The van der Waals surface area contributed by atoms with Crippen molar-refractivity contribution in [3.63, 3.8) is 0 Å². The number of rotatable bonds is 2. The van der Waals surface area contributed by atoms with Crippen molar-refractivity contribution in [1.82, 2.24) is 0 Å². The summed E-state index contributed by atoms with van der Waals surface area (Å²) in [6.45, 7) is 0. The molecular formula is C16H13Cl. The summed E-state index contributed by atoms with van der Waals surface area (Å²) in [4.78, 5) is 0. The van der Waals surface area contributed by atoms with Gasteiger partial charge in [0.1, 0.15) is 0 Å². The van der Waals surface area contributed by atoms with Gasteiger partial charge in [0.2, 0.25) is 0 Å². The fourth-order valence-electron chi connectivity index (χ4n) is 1.67. The lowest BCUT2D eigenvalue weighted by atomic mass is 10.00. The van der Waals surface area contributed by atoms with Crippen LogP contribution in [-0.4, -0.2) is 5.88 Å². The van der Waals surface area contributed by atoms with Crippen molar-refractivity contribution in [3.8, 4) is 23.0 Å². The van der Waals surface area contributed by atoms with Crippen LogP contribution < -0.4 is 0 Å². The maximum Gasteiger partial charge on any atom is 0.0333 e. The summed E-state index contributed by atoms with van der Waals surface area (Å²) >= 11 is 5.62. The predicted octanol–water partition coefficient (Wildman–Crippen LogP) is 4.33. The Hall–Kier alpha value is -1.71. The van der Waals surface area contributed by atoms with Gasteiger partial charge in [0.15, 0.2) is 0 Å². The van der Waals surface area contributed by atoms with E-state index in [1.54, 1.807) is 0 Å². The molecule has 2 aromatic rings. The Bertz CT molecular complexity index is 532. The van der Waals surface area contributed by atoms with E-state index < -0.39 is 0 Å². The quantitative estimate of drug-likeness (QED) is 0.541. The van der Waals surface area contributed by atoms with E-state index in [0.717, 1.165) is 12.0 Å². The lowest BCUT2D eigenvalue weighted by Gasteiger charge is -2.03. The summed E-state index contributed by atoms with van der Waals surface area (Å²) in [5.41, 5.74) is 3.43. The van der Waals surface area contributed by atoms with Crippen molar-refractivity contribution in [2.75, 3.05) is 5.88 Å². The van der Waals surface area contributed by atoms with Crippen molar-refractivity contribution < 1.29 is 0 Å². The van der Waals surface area contributed by atoms with Crippen LogP contribution in [0.3, 0.4) is 0 Å². The maximum absolute atomic E-state index is 5.62. The summed E-state index contributed by atoms with van der Waals surface area (Å²) in [6.07, 6.45) is 0.727. The van der Waals surface area contributed by atoms with Gasteiger partial charge in [0, 0.05) is 17.9 Å². The standard InChI is InChI=1S/C16H13Cl/c17-13-7-6-11-15-10-4-5-12-16(15)14-8-2-1-3-9-14/h1-5,8-10,12H,7,13H2. The second kappa shape index (κ2) is 6.13. The largest absolute Gasteiger partial charge is 0.126 e. The minimum Gasteiger partial charge on any atom is -0.126 e. The number of hydrogen-bond acceptors (Lipinski definition) is 0. The van der Waals surface area contributed by atoms with E-state index in [0.29, 0.717) is 5.88 Å². The molecule has 0 amide bonds. The first kappa shape index (κ1) is 11.8. The SMILES string of the molecule is ClCCC#Cc1ccccc1-c1ccccc1. The van der Waals surface area contributed by atoms with E-state index in [-0.39, 0.29) is 0 Å². The number of benzene rings is 2. The molecule has 1 heteroatoms. The average Bonchev–Trinajstić information content (AvgIpc) is 2.41. The zero-order valence-electron chi connectivity index (χ0n) is 9.49. The lowest BCUT2D eigenvalue weighted by Crippen LogP contribution is -1.83. The van der Waals surface area contributed by atoms with Gasteiger partial charge in [0.05, 0.1) is 0 Å². The normalized spacial score (nSPS) is 9.47. The minimum absolute atomic E-state index is 0.584. The molecular weight excluding hydrogens is 228 g/mol. The third-order valence-electron chi connectivity index (χ3n) is 2.45. The van der Waals surface area contributed by atoms with Gasteiger partial charge in [-0.2, -0.15) is 0 Å². The zero-order chi connectivity index (χ0) is 11.9. The molecule has 0 heterocycles. The average molecular weight is 241 g/mol. The molecule has 0 bridgehead atoms. The monoisotopic (exact) mass is 240 g/mol. The first-order valence-corrected chi connectivity index (χ1v) is 6.14. The van der Waals surface area contributed by atoms with Crippen LogP contribution in [-0.2, 0) is 0 Å². The molecule has 0 saturated heterocycles. The third-order valence-corrected chi connectivity index (χ3v) is 2.64. The van der Waals surface area contributed by atoms with Gasteiger partial charge in [-0.15, -0.1) is 11.6 Å². The topological polar surface area (TPSA) is 0 Å². The predicted molar refractivity (Wildman–Crippen MR) is 74.1 cm³/mol. The van der Waals surface area contributed by atoms with E-state index >= 15 is 0 Å². The van der Waals surface area contributed by atoms with Crippen LogP contribution in [0, 0.1) is 11.8 Å². The Morgan fingerprint density at radius 3 is 2.35 bits per heavy atom. The van der Waals surface area contributed by atoms with Gasteiger partial charge in [-0.3, -0.25) is 0 Å². The van der Waals surface area contributed by atoms with E-state index in [2.05, 4.69) is 30.0 Å². The summed E-state index contributed by atoms with van der Waals surface area (Å²) in [7, 11) is 0. The summed E-state index contributed by atoms with van der Waals surface area (Å²) < 4.78 is 0. The molecule has 0 nitrogen and oxygen atoms in total. The molecule has 84 valence electrons. The van der Waals surface area contributed by atoms with Gasteiger partial charge >= 0.3 is 0 Å². The summed E-state index contributed by atoms with van der Waals surface area (Å²) in [5, 5.41) is 0. The van der Waals surface area contributed by atoms with E-state index in [9.17, 15) is 0 Å². The molecule has 0 aromatic heterocycles. The van der Waals surface area contributed by atoms with Crippen LogP contribution in [0.25, 0.3) is 11.1 Å². The Morgan fingerprint density at radius 1 is 0.882 bits per heavy atom. The van der Waals surface area contributed by atoms with E-state index in [1.807, 2.05) is 36.4 Å². The highest BCUT2D eigenvalue weighted by Gasteiger charge is 2.00. The van der Waals surface area contributed by atoms with Crippen LogP contribution in [0.15, 0.2) is 54.6 Å². The second-order valence-corrected chi connectivity index (χ2v) is 4.03. The van der Waals surface area contributed by atoms with Crippen LogP contribution >= 0.6 is 11.6 Å². The van der Waals surface area contributed by atoms with Crippen molar-refractivity contribution in [2.24, 2.45) is 0 Å². The molecule has 0 radical (unpaired) electrons. The van der Waals surface area contributed by atoms with Crippen LogP contribution in [0.2, 0.25) is 0 Å². The van der Waals surface area contributed by atoms with Gasteiger partial charge in [-0.25, -0.2) is 0 Å². The molecule has 0 N–H and O–H groups in total. The number of hydrogen-bond donors (Lipinski definition) is 0. The highest BCUT2D eigenvalue weighted by molar-refractivity contribution is 6.18. The van der Waals surface area contributed by atoms with Crippen molar-refractivity contribution in [1.29, 1.82) is 0 Å². The first-order valence-electron chi connectivity index (χ1n) is 5.61. The Labute approximate surface area is 107 Å². The molecule has 0 aliphatic rings. The van der Waals surface area contributed by atoms with E-state index in [4.69, 9.17) is 11.6 Å². The molecule has 0 spiro atoms. The van der Waals surface area contributed by atoms with Crippen molar-refractivity contribution >= 4 is 11.6 Å². The first-order chi connectivity index (χ1) is 8.42. The highest BCUT2D eigenvalue weighted by atomic mass is 35.5. The fourth-order valence-corrected chi connectivity index (χ4v) is 1.76. The maximum atomic E-state index is 5.62. The Kier molecular flexibility index (Phi) is 4.24. The van der Waals surface area contributed by atoms with Gasteiger partial charge in [0.25, 0.3) is 0 Å². The van der Waals surface area contributed by atoms with Crippen LogP contribution in [0.5, 0.6) is 0 Å². The Morgan fingerprint density at radius 2 is 1.59 bits per heavy atom. The van der Waals surface area contributed by atoms with Crippen molar-refractivity contribution in [2.45, 2.75) is 6.42 Å². The highest BCUT2D eigenvalue weighted by Crippen LogP contribution is 2.22. The second-order valence-electron chi connectivity index (χ2n) is 3.65. The van der Waals surface area contributed by atoms with Gasteiger partial charge in [-0.1, -0.05) is 60.4 Å². The zero-order valence-corrected chi connectivity index (χ0v) is 10.2. The molecule has 2 aromatic carbocycles. The molecule has 2 rings (SSSR count). The third kappa shape index (κ3) is 3.12. The summed E-state index contributed by atoms with van der Waals surface area (Å²) in [5.74, 6) is 6.84. The molecule has 0 saturated carbocycles. The summed E-state index contributed by atoms with van der Waals surface area (Å²) in [6, 6.07) is 18.5. The molecule has 17 heavy (non-hydrogen) atoms. The number of alkyl halides is 1. The van der Waals surface area contributed by atoms with E-state index in [1.165, 1.54) is 11.1 Å². The fraction of sp³-hybridized carbons (Fsp3) is 0.125. The van der Waals surface area contributed by atoms with Crippen molar-refractivity contribution in [3.05, 3.63) is 60.2 Å². The molecule has 0 atom stereocenters.